The quantitative estimate of drug-likeness (QED) is 0.585. The van der Waals surface area contributed by atoms with Crippen LogP contribution in [0.1, 0.15) is 20.3 Å². The van der Waals surface area contributed by atoms with Gasteiger partial charge in [-0.05, 0) is 18.4 Å². The van der Waals surface area contributed by atoms with Crippen LogP contribution in [0.5, 0.6) is 0 Å². The van der Waals surface area contributed by atoms with Crippen LogP contribution in [0.2, 0.25) is 0 Å². The highest BCUT2D eigenvalue weighted by molar-refractivity contribution is 5.65. The minimum Gasteiger partial charge on any atom is -0.396 e. The van der Waals surface area contributed by atoms with Crippen LogP contribution >= 0.6 is 0 Å². The van der Waals surface area contributed by atoms with E-state index in [2.05, 4.69) is 5.32 Å². The fraction of sp³-hybridized carbons (Fsp3) is 0.500. The van der Waals surface area contributed by atoms with Crippen LogP contribution in [0.3, 0.4) is 0 Å². The third-order valence-electron chi connectivity index (χ3n) is 2.97. The molecule has 1 rings (SSSR count). The molecule has 1 unspecified atom stereocenters. The summed E-state index contributed by atoms with van der Waals surface area (Å²) >= 11 is 0. The number of non-ortho nitro benzene ring substituents is 1. The van der Waals surface area contributed by atoms with Crippen molar-refractivity contribution >= 4 is 17.1 Å². The highest BCUT2D eigenvalue weighted by Gasteiger charge is 2.22. The monoisotopic (exact) mass is 283 g/mol. The van der Waals surface area contributed by atoms with Crippen molar-refractivity contribution in [3.05, 3.63) is 38.4 Å². The predicted molar refractivity (Wildman–Crippen MR) is 73.7 cm³/mol. The van der Waals surface area contributed by atoms with E-state index >= 15 is 0 Å². The van der Waals surface area contributed by atoms with Crippen molar-refractivity contribution in [2.75, 3.05) is 11.9 Å². The Bertz CT molecular complexity index is 504. The summed E-state index contributed by atoms with van der Waals surface area (Å²) in [7, 11) is 0. The minimum atomic E-state index is -0.676. The summed E-state index contributed by atoms with van der Waals surface area (Å²) in [6.45, 7) is 3.80. The molecule has 0 spiro atoms. The molecule has 8 heteroatoms. The van der Waals surface area contributed by atoms with Crippen LogP contribution in [-0.2, 0) is 0 Å². The lowest BCUT2D eigenvalue weighted by Gasteiger charge is -2.22. The zero-order chi connectivity index (χ0) is 15.3. The van der Waals surface area contributed by atoms with Gasteiger partial charge in [-0.15, -0.1) is 0 Å². The molecule has 0 amide bonds. The number of nitro benzene ring substituents is 2. The molecular weight excluding hydrogens is 266 g/mol. The van der Waals surface area contributed by atoms with Gasteiger partial charge in [0.2, 0.25) is 0 Å². The molecule has 0 aliphatic carbocycles. The van der Waals surface area contributed by atoms with Crippen molar-refractivity contribution in [1.29, 1.82) is 0 Å². The Morgan fingerprint density at radius 2 is 1.90 bits per heavy atom. The van der Waals surface area contributed by atoms with E-state index in [1.807, 2.05) is 13.8 Å². The highest BCUT2D eigenvalue weighted by Crippen LogP contribution is 2.30. The average molecular weight is 283 g/mol. The molecule has 1 aromatic rings. The second-order valence-corrected chi connectivity index (χ2v) is 4.72. The number of nitrogens with zero attached hydrogens (tertiary/aromatic N) is 2. The molecule has 0 saturated heterocycles. The Hall–Kier alpha value is -2.22. The fourth-order valence-corrected chi connectivity index (χ4v) is 1.82. The van der Waals surface area contributed by atoms with Gasteiger partial charge in [-0.2, -0.15) is 0 Å². The predicted octanol–water partition coefficient (Wildman–Crippen LogP) is 2.32. The number of nitro groups is 2. The van der Waals surface area contributed by atoms with Gasteiger partial charge in [0.05, 0.1) is 15.9 Å². The van der Waals surface area contributed by atoms with Gasteiger partial charge in [-0.25, -0.2) is 0 Å². The Morgan fingerprint density at radius 1 is 1.25 bits per heavy atom. The van der Waals surface area contributed by atoms with Crippen LogP contribution in [0, 0.1) is 26.1 Å². The summed E-state index contributed by atoms with van der Waals surface area (Å²) in [5.74, 6) is 0.150. The first kappa shape index (κ1) is 15.8. The zero-order valence-electron chi connectivity index (χ0n) is 11.3. The van der Waals surface area contributed by atoms with Gasteiger partial charge in [-0.1, -0.05) is 13.8 Å². The first-order chi connectivity index (χ1) is 9.36. The first-order valence-electron chi connectivity index (χ1n) is 6.17. The zero-order valence-corrected chi connectivity index (χ0v) is 11.3. The average Bonchev–Trinajstić information content (AvgIpc) is 2.37. The van der Waals surface area contributed by atoms with Crippen molar-refractivity contribution in [2.45, 2.75) is 26.3 Å². The van der Waals surface area contributed by atoms with Gasteiger partial charge in [-0.3, -0.25) is 20.2 Å². The Balaban J connectivity index is 3.10. The lowest BCUT2D eigenvalue weighted by Crippen LogP contribution is -2.27. The van der Waals surface area contributed by atoms with Crippen molar-refractivity contribution in [2.24, 2.45) is 5.92 Å². The van der Waals surface area contributed by atoms with Crippen LogP contribution in [0.15, 0.2) is 18.2 Å². The summed E-state index contributed by atoms with van der Waals surface area (Å²) in [6, 6.07) is 3.31. The molecule has 0 aliphatic rings. The largest absolute Gasteiger partial charge is 0.396 e. The second kappa shape index (κ2) is 6.80. The Morgan fingerprint density at radius 3 is 2.35 bits per heavy atom. The highest BCUT2D eigenvalue weighted by atomic mass is 16.6. The molecule has 0 bridgehead atoms. The van der Waals surface area contributed by atoms with Crippen molar-refractivity contribution in [3.63, 3.8) is 0 Å². The van der Waals surface area contributed by atoms with E-state index < -0.39 is 9.85 Å². The summed E-state index contributed by atoms with van der Waals surface area (Å²) in [5, 5.41) is 33.6. The number of hydrogen-bond acceptors (Lipinski definition) is 6. The maximum Gasteiger partial charge on any atom is 0.299 e. The number of aliphatic hydroxyl groups excluding tert-OH is 1. The SMILES string of the molecule is CC(C)C(CCO)Nc1ccc([N+](=O)[O-])cc1[N+](=O)[O-]. The first-order valence-corrected chi connectivity index (χ1v) is 6.17. The summed E-state index contributed by atoms with van der Waals surface area (Å²) < 4.78 is 0. The van der Waals surface area contributed by atoms with E-state index in [1.54, 1.807) is 0 Å². The Labute approximate surface area is 115 Å². The van der Waals surface area contributed by atoms with Crippen molar-refractivity contribution < 1.29 is 15.0 Å². The smallest absolute Gasteiger partial charge is 0.299 e. The van der Waals surface area contributed by atoms with Gasteiger partial charge >= 0.3 is 0 Å². The van der Waals surface area contributed by atoms with Crippen LogP contribution in [-0.4, -0.2) is 27.6 Å². The minimum absolute atomic E-state index is 0.0450. The number of hydrogen-bond donors (Lipinski definition) is 2. The molecule has 8 nitrogen and oxygen atoms in total. The molecule has 0 saturated carbocycles. The van der Waals surface area contributed by atoms with Crippen LogP contribution in [0.25, 0.3) is 0 Å². The molecule has 0 radical (unpaired) electrons. The van der Waals surface area contributed by atoms with E-state index in [0.29, 0.717) is 6.42 Å². The lowest BCUT2D eigenvalue weighted by molar-refractivity contribution is -0.393. The van der Waals surface area contributed by atoms with Crippen LogP contribution < -0.4 is 5.32 Å². The van der Waals surface area contributed by atoms with Crippen molar-refractivity contribution in [1.82, 2.24) is 0 Å². The van der Waals surface area contributed by atoms with E-state index in [4.69, 9.17) is 5.11 Å². The molecular formula is C12H17N3O5. The van der Waals surface area contributed by atoms with E-state index in [-0.39, 0.29) is 35.6 Å². The van der Waals surface area contributed by atoms with E-state index in [1.165, 1.54) is 12.1 Å². The third kappa shape index (κ3) is 3.89. The number of nitrogens with one attached hydrogen (secondary N) is 1. The van der Waals surface area contributed by atoms with Gasteiger partial charge in [0, 0.05) is 18.7 Å². The number of aliphatic hydroxyl groups is 1. The molecule has 0 fully saturated rings. The lowest BCUT2D eigenvalue weighted by atomic mass is 10.0. The fourth-order valence-electron chi connectivity index (χ4n) is 1.82. The van der Waals surface area contributed by atoms with Crippen molar-refractivity contribution in [3.8, 4) is 0 Å². The summed E-state index contributed by atoms with van der Waals surface area (Å²) in [4.78, 5) is 20.3. The molecule has 0 aliphatic heterocycles. The number of benzene rings is 1. The van der Waals surface area contributed by atoms with Gasteiger partial charge in [0.1, 0.15) is 5.69 Å². The summed E-state index contributed by atoms with van der Waals surface area (Å²) in [6.07, 6.45) is 0.436. The molecule has 2 N–H and O–H groups in total. The maximum atomic E-state index is 11.0. The summed E-state index contributed by atoms with van der Waals surface area (Å²) in [5.41, 5.74) is -0.457. The number of rotatable bonds is 7. The van der Waals surface area contributed by atoms with Gasteiger partial charge < -0.3 is 10.4 Å². The standard InChI is InChI=1S/C12H17N3O5/c1-8(2)10(5-6-16)13-11-4-3-9(14(17)18)7-12(11)15(19)20/h3-4,7-8,10,13,16H,5-6H2,1-2H3. The molecule has 0 aromatic heterocycles. The molecule has 110 valence electrons. The molecule has 0 heterocycles. The van der Waals surface area contributed by atoms with Gasteiger partial charge in [0.15, 0.2) is 0 Å². The van der Waals surface area contributed by atoms with Gasteiger partial charge in [0.25, 0.3) is 11.4 Å². The van der Waals surface area contributed by atoms with E-state index in [9.17, 15) is 20.2 Å². The molecule has 1 atom stereocenters. The Kier molecular flexibility index (Phi) is 5.39. The number of anilines is 1. The third-order valence-corrected chi connectivity index (χ3v) is 2.97. The molecule has 20 heavy (non-hydrogen) atoms. The van der Waals surface area contributed by atoms with Crippen LogP contribution in [0.4, 0.5) is 17.1 Å². The topological polar surface area (TPSA) is 119 Å². The molecule has 1 aromatic carbocycles. The van der Waals surface area contributed by atoms with E-state index in [0.717, 1.165) is 6.07 Å². The second-order valence-electron chi connectivity index (χ2n) is 4.72. The normalized spacial score (nSPS) is 12.2. The maximum absolute atomic E-state index is 11.0.